The summed E-state index contributed by atoms with van der Waals surface area (Å²) in [6.07, 6.45) is 2.67. The Morgan fingerprint density at radius 3 is 2.28 bits per heavy atom. The van der Waals surface area contributed by atoms with E-state index in [2.05, 4.69) is 33.3 Å². The van der Waals surface area contributed by atoms with Crippen molar-refractivity contribution in [3.8, 4) is 11.1 Å². The molecule has 3 aromatic rings. The fourth-order valence-electron chi connectivity index (χ4n) is 5.95. The normalized spacial score (nSPS) is 18.1. The van der Waals surface area contributed by atoms with Crippen LogP contribution in [0.15, 0.2) is 59.9 Å². The maximum atomic E-state index is 15.3. The Bertz CT molecular complexity index is 1910. The van der Waals surface area contributed by atoms with E-state index >= 15 is 4.79 Å². The molecule has 1 fully saturated rings. The number of halogens is 3. The molecule has 4 amide bonds. The number of benzene rings is 2. The van der Waals surface area contributed by atoms with Gasteiger partial charge in [-0.3, -0.25) is 24.5 Å². The quantitative estimate of drug-likeness (QED) is 0.159. The van der Waals surface area contributed by atoms with E-state index in [0.29, 0.717) is 26.9 Å². The molecule has 1 saturated carbocycles. The van der Waals surface area contributed by atoms with E-state index < -0.39 is 59.8 Å². The van der Waals surface area contributed by atoms with E-state index in [1.807, 2.05) is 20.8 Å². The summed E-state index contributed by atoms with van der Waals surface area (Å²) in [4.78, 5) is 60.4. The number of rotatable bonds is 10. The zero-order valence-electron chi connectivity index (χ0n) is 30.1. The number of alkyl carbamates (subject to hydrolysis) is 2. The third-order valence-electron chi connectivity index (χ3n) is 8.30. The average Bonchev–Trinajstić information content (AvgIpc) is 3.65. The SMILES string of the molecule is CC(C)(C)C[C@]1(c2ccc(-c3cnn(C(F)F)c3)cc2)N=C(NC(=O)OC(C)(C)C)N([C@H](COC(=O)NC2CC2)c2ccc(Cl)c(C(=O)NS)c2)C1=O. The second kappa shape index (κ2) is 15.3. The van der Waals surface area contributed by atoms with Gasteiger partial charge < -0.3 is 14.8 Å². The third kappa shape index (κ3) is 9.46. The van der Waals surface area contributed by atoms with Gasteiger partial charge in [0.15, 0.2) is 5.54 Å². The van der Waals surface area contributed by atoms with Gasteiger partial charge in [-0.2, -0.15) is 13.9 Å². The fraction of sp³-hybridized carbons (Fsp3) is 0.444. The summed E-state index contributed by atoms with van der Waals surface area (Å²) in [5, 5.41) is 9.22. The molecule has 0 spiro atoms. The molecule has 13 nitrogen and oxygen atoms in total. The van der Waals surface area contributed by atoms with E-state index in [-0.39, 0.29) is 29.0 Å². The molecule has 1 aromatic heterocycles. The van der Waals surface area contributed by atoms with E-state index in [9.17, 15) is 23.2 Å². The van der Waals surface area contributed by atoms with Crippen molar-refractivity contribution in [2.24, 2.45) is 10.4 Å². The molecule has 5 rings (SSSR count). The van der Waals surface area contributed by atoms with Crippen molar-refractivity contribution in [2.75, 3.05) is 6.61 Å². The Morgan fingerprint density at radius 1 is 1.04 bits per heavy atom. The highest BCUT2D eigenvalue weighted by Gasteiger charge is 2.54. The van der Waals surface area contributed by atoms with Gasteiger partial charge >= 0.3 is 18.7 Å². The van der Waals surface area contributed by atoms with Crippen LogP contribution in [0.4, 0.5) is 18.4 Å². The van der Waals surface area contributed by atoms with Crippen molar-refractivity contribution in [1.29, 1.82) is 0 Å². The first-order valence-corrected chi connectivity index (χ1v) is 17.7. The lowest BCUT2D eigenvalue weighted by Crippen LogP contribution is -2.50. The molecule has 0 radical (unpaired) electrons. The van der Waals surface area contributed by atoms with Crippen molar-refractivity contribution < 1.29 is 37.4 Å². The van der Waals surface area contributed by atoms with E-state index in [1.54, 1.807) is 51.1 Å². The molecular formula is C36H42ClF2N7O6S. The number of alkyl halides is 2. The number of aliphatic imine (C=N–C) groups is 1. The molecule has 53 heavy (non-hydrogen) atoms. The summed E-state index contributed by atoms with van der Waals surface area (Å²) in [5.41, 5.74) is -1.31. The highest BCUT2D eigenvalue weighted by molar-refractivity contribution is 7.78. The van der Waals surface area contributed by atoms with Gasteiger partial charge in [-0.25, -0.2) is 19.3 Å². The minimum atomic E-state index is -2.81. The van der Waals surface area contributed by atoms with Gasteiger partial charge in [0.1, 0.15) is 12.2 Å². The molecule has 0 saturated heterocycles. The number of ether oxygens (including phenoxy) is 2. The average molecular weight is 774 g/mol. The number of carbonyl (C=O) groups is 4. The van der Waals surface area contributed by atoms with Gasteiger partial charge in [0.25, 0.3) is 11.8 Å². The lowest BCUT2D eigenvalue weighted by atomic mass is 9.75. The van der Waals surface area contributed by atoms with Crippen molar-refractivity contribution >= 4 is 54.4 Å². The molecule has 1 aliphatic carbocycles. The minimum Gasteiger partial charge on any atom is -0.447 e. The smallest absolute Gasteiger partial charge is 0.414 e. The molecule has 3 N–H and O–H groups in total. The number of carbonyl (C=O) groups excluding carboxylic acids is 4. The van der Waals surface area contributed by atoms with Crippen molar-refractivity contribution in [3.63, 3.8) is 0 Å². The van der Waals surface area contributed by atoms with Crippen LogP contribution in [0.3, 0.4) is 0 Å². The second-order valence-electron chi connectivity index (χ2n) is 15.1. The molecule has 0 unspecified atom stereocenters. The highest BCUT2D eigenvalue weighted by Crippen LogP contribution is 2.45. The number of hydrogen-bond acceptors (Lipinski definition) is 9. The van der Waals surface area contributed by atoms with Crippen molar-refractivity contribution in [3.05, 3.63) is 76.6 Å². The standard InChI is InChI=1S/C36H42ClF2N7O6S/c1-34(2,3)19-36(23-10-7-20(8-11-23)22-16-40-45(17-22)30(38)39)29(48)46(31(43-36)42-33(50)52-35(4,5)6)27(18-51-32(49)41-24-12-13-24)21-9-14-26(37)25(15-21)28(47)44-53/h7-11,14-17,24,27,30,53H,12-13,18-19H2,1-6H3,(H,41,49)(H,44,47)(H,42,43,50)/t27-,36-/m1/s1. The second-order valence-corrected chi connectivity index (χ2v) is 15.7. The molecule has 0 bridgehead atoms. The largest absolute Gasteiger partial charge is 0.447 e. The molecule has 284 valence electrons. The summed E-state index contributed by atoms with van der Waals surface area (Å²) < 4.78 is 40.5. The number of aromatic nitrogens is 2. The van der Waals surface area contributed by atoms with Gasteiger partial charge in [0.05, 0.1) is 22.8 Å². The summed E-state index contributed by atoms with van der Waals surface area (Å²) in [5.74, 6) is -1.40. The lowest BCUT2D eigenvalue weighted by Gasteiger charge is -2.35. The van der Waals surface area contributed by atoms with Gasteiger partial charge in [-0.15, -0.1) is 0 Å². The first-order chi connectivity index (χ1) is 24.8. The highest BCUT2D eigenvalue weighted by atomic mass is 35.5. The summed E-state index contributed by atoms with van der Waals surface area (Å²) in [7, 11) is 0. The molecule has 17 heteroatoms. The topological polar surface area (TPSA) is 156 Å². The molecule has 2 atom stereocenters. The molecule has 2 aromatic carbocycles. The van der Waals surface area contributed by atoms with Crippen LogP contribution in [0, 0.1) is 5.41 Å². The van der Waals surface area contributed by atoms with Crippen LogP contribution < -0.4 is 15.4 Å². The van der Waals surface area contributed by atoms with Gasteiger partial charge in [0, 0.05) is 17.8 Å². The van der Waals surface area contributed by atoms with Gasteiger partial charge in [0.2, 0.25) is 5.96 Å². The van der Waals surface area contributed by atoms with Crippen molar-refractivity contribution in [2.45, 2.75) is 90.6 Å². The Balaban J connectivity index is 1.65. The Kier molecular flexibility index (Phi) is 11.4. The number of nitrogens with zero attached hydrogens (tertiary/aromatic N) is 4. The van der Waals surface area contributed by atoms with E-state index in [1.165, 1.54) is 29.4 Å². The molecule has 2 aliphatic rings. The van der Waals surface area contributed by atoms with E-state index in [4.69, 9.17) is 26.1 Å². The first kappa shape index (κ1) is 39.5. The Morgan fingerprint density at radius 2 is 1.72 bits per heavy atom. The monoisotopic (exact) mass is 773 g/mol. The number of hydrogen-bond donors (Lipinski definition) is 4. The van der Waals surface area contributed by atoms with Gasteiger partial charge in [-0.1, -0.05) is 75.5 Å². The van der Waals surface area contributed by atoms with Crippen LogP contribution in [0.25, 0.3) is 11.1 Å². The number of guanidine groups is 1. The van der Waals surface area contributed by atoms with Crippen LogP contribution in [-0.2, 0) is 19.8 Å². The maximum absolute atomic E-state index is 15.3. The number of nitrogens with one attached hydrogen (secondary N) is 3. The third-order valence-corrected chi connectivity index (χ3v) is 8.83. The Hall–Kier alpha value is -4.70. The van der Waals surface area contributed by atoms with Crippen LogP contribution in [0.2, 0.25) is 5.02 Å². The summed E-state index contributed by atoms with van der Waals surface area (Å²) in [6, 6.07) is 9.98. The maximum Gasteiger partial charge on any atom is 0.414 e. The predicted molar refractivity (Wildman–Crippen MR) is 196 cm³/mol. The molecular weight excluding hydrogens is 732 g/mol. The van der Waals surface area contributed by atoms with Crippen molar-refractivity contribution in [1.82, 2.24) is 30.0 Å². The number of thiol groups is 1. The van der Waals surface area contributed by atoms with Crippen LogP contribution >= 0.6 is 24.4 Å². The predicted octanol–water partition coefficient (Wildman–Crippen LogP) is 7.16. The lowest BCUT2D eigenvalue weighted by molar-refractivity contribution is -0.135. The van der Waals surface area contributed by atoms with Crippen LogP contribution in [0.5, 0.6) is 0 Å². The zero-order chi connectivity index (χ0) is 38.9. The van der Waals surface area contributed by atoms with Crippen LogP contribution in [0.1, 0.15) is 94.9 Å². The minimum absolute atomic E-state index is 0.0198. The number of amides is 4. The molecule has 1 aliphatic heterocycles. The fourth-order valence-corrected chi connectivity index (χ4v) is 6.27. The van der Waals surface area contributed by atoms with Crippen LogP contribution in [-0.4, -0.2) is 62.9 Å². The van der Waals surface area contributed by atoms with Gasteiger partial charge in [-0.05, 0) is 74.3 Å². The van der Waals surface area contributed by atoms with E-state index in [0.717, 1.165) is 12.8 Å². The summed E-state index contributed by atoms with van der Waals surface area (Å²) in [6.45, 7) is 7.60. The summed E-state index contributed by atoms with van der Waals surface area (Å²) >= 11 is 10.3. The first-order valence-electron chi connectivity index (χ1n) is 16.8. The molecule has 2 heterocycles. The zero-order valence-corrected chi connectivity index (χ0v) is 31.7. The Labute approximate surface area is 316 Å².